The first-order valence-electron chi connectivity index (χ1n) is 16.4. The zero-order valence-electron chi connectivity index (χ0n) is 26.7. The predicted octanol–water partition coefficient (Wildman–Crippen LogP) is 4.16. The number of halogens is 1. The standard InChI is InChI=1S/C29H36FN5O4.C6H12/c1-3-25(36)33-24(27(38)35-15-13-34(2)14-16-35)18-20-9-10-23(22(30)17-20)32-26(37)19-31-28(39)29(11-12-29)21-7-5-4-6-8-21;1-2-4-6-5-3-1/h4-10,17,24H,3,11-16,18-19H2,1-2H3,(H,31,39)(H,32,37)(H,33,36);1-6H2. The number of carbonyl (C=O) groups is 4. The van der Waals surface area contributed by atoms with Crippen molar-refractivity contribution in [3.63, 3.8) is 0 Å². The monoisotopic (exact) mass is 621 g/mol. The third-order valence-electron chi connectivity index (χ3n) is 8.94. The summed E-state index contributed by atoms with van der Waals surface area (Å²) in [7, 11) is 1.99. The van der Waals surface area contributed by atoms with Crippen molar-refractivity contribution in [2.75, 3.05) is 45.1 Å². The minimum Gasteiger partial charge on any atom is -0.346 e. The van der Waals surface area contributed by atoms with Gasteiger partial charge in [0.25, 0.3) is 0 Å². The van der Waals surface area contributed by atoms with E-state index >= 15 is 0 Å². The van der Waals surface area contributed by atoms with Gasteiger partial charge in [0, 0.05) is 39.0 Å². The van der Waals surface area contributed by atoms with Crippen molar-refractivity contribution in [1.82, 2.24) is 20.4 Å². The van der Waals surface area contributed by atoms with Gasteiger partial charge in [0.05, 0.1) is 17.6 Å². The molecule has 244 valence electrons. The van der Waals surface area contributed by atoms with Crippen molar-refractivity contribution >= 4 is 29.3 Å². The topological polar surface area (TPSA) is 111 Å². The number of hydrogen-bond donors (Lipinski definition) is 3. The number of carbonyl (C=O) groups excluding carboxylic acids is 4. The molecule has 0 aromatic heterocycles. The molecule has 2 aromatic rings. The summed E-state index contributed by atoms with van der Waals surface area (Å²) in [5.41, 5.74) is 0.812. The molecule has 1 saturated heterocycles. The smallest absolute Gasteiger partial charge is 0.245 e. The Balaban J connectivity index is 0.000000687. The van der Waals surface area contributed by atoms with E-state index in [2.05, 4.69) is 20.9 Å². The lowest BCUT2D eigenvalue weighted by atomic mass is 9.95. The Morgan fingerprint density at radius 2 is 1.49 bits per heavy atom. The summed E-state index contributed by atoms with van der Waals surface area (Å²) in [6.07, 6.45) is 10.8. The Morgan fingerprint density at radius 3 is 2.04 bits per heavy atom. The van der Waals surface area contributed by atoms with Gasteiger partial charge in [-0.25, -0.2) is 4.39 Å². The molecule has 0 radical (unpaired) electrons. The average molecular weight is 622 g/mol. The number of rotatable bonds is 10. The van der Waals surface area contributed by atoms with E-state index < -0.39 is 23.2 Å². The van der Waals surface area contributed by atoms with Crippen molar-refractivity contribution in [1.29, 1.82) is 0 Å². The molecule has 2 aromatic carbocycles. The van der Waals surface area contributed by atoms with Crippen molar-refractivity contribution < 1.29 is 23.6 Å². The quantitative estimate of drug-likeness (QED) is 0.369. The van der Waals surface area contributed by atoms with Crippen molar-refractivity contribution in [3.05, 3.63) is 65.5 Å². The fraction of sp³-hybridized carbons (Fsp3) is 0.543. The van der Waals surface area contributed by atoms with Crippen molar-refractivity contribution in [2.24, 2.45) is 0 Å². The van der Waals surface area contributed by atoms with Crippen LogP contribution >= 0.6 is 0 Å². The van der Waals surface area contributed by atoms with E-state index in [9.17, 15) is 23.6 Å². The third kappa shape index (κ3) is 9.85. The largest absolute Gasteiger partial charge is 0.346 e. The van der Waals surface area contributed by atoms with Crippen LogP contribution in [0.3, 0.4) is 0 Å². The molecule has 4 amide bonds. The van der Waals surface area contributed by atoms with Crippen LogP contribution in [0.2, 0.25) is 0 Å². The first-order chi connectivity index (χ1) is 21.7. The van der Waals surface area contributed by atoms with Gasteiger partial charge in [-0.15, -0.1) is 0 Å². The van der Waals surface area contributed by atoms with Gasteiger partial charge < -0.3 is 25.8 Å². The predicted molar refractivity (Wildman–Crippen MR) is 173 cm³/mol. The molecular formula is C35H48FN5O4. The fourth-order valence-electron chi connectivity index (χ4n) is 5.88. The number of nitrogens with zero attached hydrogens (tertiary/aromatic N) is 2. The molecule has 45 heavy (non-hydrogen) atoms. The van der Waals surface area contributed by atoms with Crippen LogP contribution in [-0.4, -0.2) is 79.2 Å². The molecule has 1 atom stereocenters. The van der Waals surface area contributed by atoms with Gasteiger partial charge in [-0.3, -0.25) is 19.2 Å². The first kappa shape index (κ1) is 34.1. The number of piperazine rings is 1. The Labute approximate surface area is 266 Å². The van der Waals surface area contributed by atoms with E-state index in [1.54, 1.807) is 17.9 Å². The van der Waals surface area contributed by atoms with E-state index in [1.807, 2.05) is 37.4 Å². The summed E-state index contributed by atoms with van der Waals surface area (Å²) in [5, 5.41) is 7.94. The lowest BCUT2D eigenvalue weighted by Gasteiger charge is -2.34. The van der Waals surface area contributed by atoms with Crippen molar-refractivity contribution in [2.45, 2.75) is 82.6 Å². The second-order valence-electron chi connectivity index (χ2n) is 12.4. The summed E-state index contributed by atoms with van der Waals surface area (Å²) in [4.78, 5) is 54.3. The Bertz CT molecular complexity index is 1290. The van der Waals surface area contributed by atoms with E-state index in [-0.39, 0.29) is 42.8 Å². The van der Waals surface area contributed by atoms with Crippen LogP contribution < -0.4 is 16.0 Å². The Morgan fingerprint density at radius 1 is 0.867 bits per heavy atom. The molecule has 3 aliphatic rings. The third-order valence-corrected chi connectivity index (χ3v) is 8.94. The van der Waals surface area contributed by atoms with E-state index in [0.717, 1.165) is 31.5 Å². The number of likely N-dealkylation sites (N-methyl/N-ethyl adjacent to an activating group) is 1. The molecule has 2 saturated carbocycles. The van der Waals surface area contributed by atoms with Crippen LogP contribution in [0.15, 0.2) is 48.5 Å². The van der Waals surface area contributed by atoms with Gasteiger partial charge >= 0.3 is 0 Å². The molecule has 10 heteroatoms. The molecule has 1 heterocycles. The average Bonchev–Trinajstić information content (AvgIpc) is 3.88. The van der Waals surface area contributed by atoms with Gasteiger partial charge in [-0.1, -0.05) is 81.8 Å². The van der Waals surface area contributed by atoms with Gasteiger partial charge in [-0.05, 0) is 43.1 Å². The second kappa shape index (κ2) is 16.5. The second-order valence-corrected chi connectivity index (χ2v) is 12.4. The Hall–Kier alpha value is -3.79. The molecule has 2 aliphatic carbocycles. The number of anilines is 1. The molecule has 0 spiro atoms. The maximum atomic E-state index is 14.9. The highest BCUT2D eigenvalue weighted by atomic mass is 19.1. The zero-order chi connectivity index (χ0) is 32.2. The molecule has 5 rings (SSSR count). The summed E-state index contributed by atoms with van der Waals surface area (Å²) in [6.45, 7) is 4.05. The van der Waals surface area contributed by atoms with Crippen LogP contribution in [0.5, 0.6) is 0 Å². The number of benzene rings is 2. The minimum absolute atomic E-state index is 0.0262. The molecule has 3 N–H and O–H groups in total. The summed E-state index contributed by atoms with van der Waals surface area (Å²) < 4.78 is 14.9. The number of amides is 4. The fourth-order valence-corrected chi connectivity index (χ4v) is 5.88. The first-order valence-corrected chi connectivity index (χ1v) is 16.4. The summed E-state index contributed by atoms with van der Waals surface area (Å²) in [6, 6.07) is 12.9. The Kier molecular flexibility index (Phi) is 12.5. The molecule has 0 bridgehead atoms. The summed E-state index contributed by atoms with van der Waals surface area (Å²) >= 11 is 0. The van der Waals surface area contributed by atoms with Crippen LogP contribution in [0.25, 0.3) is 0 Å². The highest BCUT2D eigenvalue weighted by Crippen LogP contribution is 2.48. The van der Waals surface area contributed by atoms with Gasteiger partial charge in [0.2, 0.25) is 23.6 Å². The van der Waals surface area contributed by atoms with Crippen molar-refractivity contribution in [3.8, 4) is 0 Å². The van der Waals surface area contributed by atoms with Crippen LogP contribution in [0.1, 0.15) is 75.8 Å². The zero-order valence-corrected chi connectivity index (χ0v) is 26.7. The minimum atomic E-state index is -0.810. The van der Waals surface area contributed by atoms with Crippen LogP contribution in [0.4, 0.5) is 10.1 Å². The normalized spacial score (nSPS) is 18.1. The summed E-state index contributed by atoms with van der Waals surface area (Å²) in [5.74, 6) is -1.87. The number of hydrogen-bond acceptors (Lipinski definition) is 5. The van der Waals surface area contributed by atoms with E-state index in [4.69, 9.17) is 0 Å². The van der Waals surface area contributed by atoms with E-state index in [0.29, 0.717) is 18.7 Å². The maximum Gasteiger partial charge on any atom is 0.245 e. The lowest BCUT2D eigenvalue weighted by Crippen LogP contribution is -2.54. The van der Waals surface area contributed by atoms with Crippen LogP contribution in [0, 0.1) is 5.82 Å². The molecule has 3 fully saturated rings. The maximum absolute atomic E-state index is 14.9. The molecule has 1 unspecified atom stereocenters. The van der Waals surface area contributed by atoms with Crippen LogP contribution in [-0.2, 0) is 31.0 Å². The highest BCUT2D eigenvalue weighted by molar-refractivity contribution is 5.98. The van der Waals surface area contributed by atoms with Gasteiger partial charge in [0.1, 0.15) is 11.9 Å². The van der Waals surface area contributed by atoms with E-state index in [1.165, 1.54) is 50.7 Å². The lowest BCUT2D eigenvalue weighted by molar-refractivity contribution is -0.137. The van der Waals surface area contributed by atoms with Gasteiger partial charge in [0.15, 0.2) is 0 Å². The number of nitrogens with one attached hydrogen (secondary N) is 3. The molecule has 1 aliphatic heterocycles. The molecule has 9 nitrogen and oxygen atoms in total. The SMILES string of the molecule is C1CCCCC1.CCC(=O)NC(Cc1ccc(NC(=O)CNC(=O)C2(c3ccccc3)CC2)c(F)c1)C(=O)N1CCN(C)CC1. The van der Waals surface area contributed by atoms with Gasteiger partial charge in [-0.2, -0.15) is 0 Å². The highest BCUT2D eigenvalue weighted by Gasteiger charge is 2.51. The molecular weight excluding hydrogens is 573 g/mol.